The fraction of sp³-hybridized carbons (Fsp3) is 0.560. The molecule has 1 N–H and O–H groups in total. The maximum atomic E-state index is 14.0. The number of amidine groups is 1. The molecule has 0 aliphatic carbocycles. The minimum absolute atomic E-state index is 0.00183. The lowest BCUT2D eigenvalue weighted by Crippen LogP contribution is -2.62. The van der Waals surface area contributed by atoms with Gasteiger partial charge in [-0.3, -0.25) is 13.9 Å². The lowest BCUT2D eigenvalue weighted by molar-refractivity contribution is -0.139. The Labute approximate surface area is 221 Å². The molecule has 2 unspecified atom stereocenters. The van der Waals surface area contributed by atoms with Gasteiger partial charge in [-0.25, -0.2) is 17.8 Å². The van der Waals surface area contributed by atoms with Gasteiger partial charge in [0.25, 0.3) is 11.8 Å². The van der Waals surface area contributed by atoms with Gasteiger partial charge in [0.05, 0.1) is 18.9 Å². The van der Waals surface area contributed by atoms with Gasteiger partial charge in [0.2, 0.25) is 10.0 Å². The summed E-state index contributed by atoms with van der Waals surface area (Å²) in [5.74, 6) is -2.95. The first-order valence-corrected chi connectivity index (χ1v) is 14.4. The van der Waals surface area contributed by atoms with E-state index >= 15 is 0 Å². The topological polar surface area (TPSA) is 123 Å². The molecule has 0 aromatic heterocycles. The molecular formula is C25H32FN5O6S. The van der Waals surface area contributed by atoms with Crippen LogP contribution in [-0.4, -0.2) is 94.9 Å². The van der Waals surface area contributed by atoms with Crippen LogP contribution in [0.1, 0.15) is 38.7 Å². The second-order valence-electron chi connectivity index (χ2n) is 10.1. The number of halogens is 1. The smallest absolute Gasteiger partial charge is 0.273 e. The van der Waals surface area contributed by atoms with Gasteiger partial charge in [0, 0.05) is 37.8 Å². The molecule has 206 valence electrons. The highest BCUT2D eigenvalue weighted by Gasteiger charge is 2.58. The van der Waals surface area contributed by atoms with Gasteiger partial charge in [-0.1, -0.05) is 6.07 Å². The van der Waals surface area contributed by atoms with Gasteiger partial charge in [0.15, 0.2) is 5.84 Å². The quantitative estimate of drug-likeness (QED) is 0.565. The maximum absolute atomic E-state index is 14.0. The Hall–Kier alpha value is -3.35. The Morgan fingerprint density at radius 2 is 1.97 bits per heavy atom. The molecule has 5 rings (SSSR count). The molecule has 38 heavy (non-hydrogen) atoms. The number of hydrogen-bond donors (Lipinski definition) is 1. The molecular weight excluding hydrogens is 517 g/mol. The number of piperazine rings is 1. The van der Waals surface area contributed by atoms with E-state index in [1.165, 1.54) is 25.2 Å². The summed E-state index contributed by atoms with van der Waals surface area (Å²) in [6.45, 7) is 4.59. The number of amides is 2. The molecule has 2 amide bonds. The van der Waals surface area contributed by atoms with E-state index in [1.54, 1.807) is 9.80 Å². The van der Waals surface area contributed by atoms with Crippen LogP contribution < -0.4 is 4.74 Å². The highest BCUT2D eigenvalue weighted by molar-refractivity contribution is 7.89. The number of fused-ring (bicyclic) bond motifs is 6. The Bertz CT molecular complexity index is 1330. The van der Waals surface area contributed by atoms with Crippen molar-refractivity contribution in [3.8, 4) is 5.75 Å². The van der Waals surface area contributed by atoms with Crippen LogP contribution in [0, 0.1) is 11.7 Å². The Morgan fingerprint density at radius 3 is 2.71 bits per heavy atom. The van der Waals surface area contributed by atoms with Gasteiger partial charge in [-0.2, -0.15) is 5.10 Å². The molecule has 0 saturated carbocycles. The van der Waals surface area contributed by atoms with Gasteiger partial charge < -0.3 is 19.6 Å². The third-order valence-electron chi connectivity index (χ3n) is 7.64. The van der Waals surface area contributed by atoms with Crippen molar-refractivity contribution >= 4 is 27.7 Å². The van der Waals surface area contributed by atoms with E-state index in [-0.39, 0.29) is 42.2 Å². The number of aliphatic hydroxyl groups is 1. The van der Waals surface area contributed by atoms with E-state index in [9.17, 15) is 27.5 Å². The van der Waals surface area contributed by atoms with E-state index in [2.05, 4.69) is 5.10 Å². The zero-order chi connectivity index (χ0) is 27.4. The molecule has 4 heterocycles. The van der Waals surface area contributed by atoms with E-state index < -0.39 is 45.4 Å². The van der Waals surface area contributed by atoms with Gasteiger partial charge >= 0.3 is 0 Å². The third kappa shape index (κ3) is 4.26. The Kier molecular flexibility index (Phi) is 6.74. The largest absolute Gasteiger partial charge is 0.509 e. The van der Waals surface area contributed by atoms with Crippen LogP contribution in [0.25, 0.3) is 0 Å². The van der Waals surface area contributed by atoms with Crippen molar-refractivity contribution < 1.29 is 32.2 Å². The number of carbonyl (C=O) groups excluding carboxylic acids is 2. The van der Waals surface area contributed by atoms with Gasteiger partial charge in [-0.05, 0) is 39.2 Å². The van der Waals surface area contributed by atoms with Crippen molar-refractivity contribution in [2.24, 2.45) is 11.0 Å². The van der Waals surface area contributed by atoms with Crippen LogP contribution in [-0.2, 0) is 26.2 Å². The summed E-state index contributed by atoms with van der Waals surface area (Å²) >= 11 is 0. The fourth-order valence-corrected chi connectivity index (χ4v) is 6.89. The SMILES string of the molecule is CCN1C[C@H](C)N2C(=C(O)C3C(=O)N4Cc5ccc(F)cc5OCCCCCS(=O)(=O)N(C)C(=N4)C32)C1=O. The van der Waals surface area contributed by atoms with Crippen molar-refractivity contribution in [2.75, 3.05) is 32.5 Å². The predicted molar refractivity (Wildman–Crippen MR) is 136 cm³/mol. The Morgan fingerprint density at radius 1 is 1.21 bits per heavy atom. The molecule has 1 saturated heterocycles. The number of hydrogen-bond acceptors (Lipinski definition) is 8. The van der Waals surface area contributed by atoms with Crippen LogP contribution in [0.15, 0.2) is 34.8 Å². The molecule has 1 aromatic rings. The number of nitrogens with zero attached hydrogens (tertiary/aromatic N) is 5. The summed E-state index contributed by atoms with van der Waals surface area (Å²) in [5, 5.41) is 16.9. The average Bonchev–Trinajstić information content (AvgIpc) is 3.19. The monoisotopic (exact) mass is 549 g/mol. The number of rotatable bonds is 1. The number of hydrazone groups is 1. The summed E-state index contributed by atoms with van der Waals surface area (Å²) in [6, 6.07) is 2.71. The number of likely N-dealkylation sites (N-methyl/N-ethyl adjacent to an activating group) is 2. The van der Waals surface area contributed by atoms with Crippen LogP contribution in [0.4, 0.5) is 4.39 Å². The molecule has 1 aromatic carbocycles. The molecule has 4 aliphatic heterocycles. The maximum Gasteiger partial charge on any atom is 0.273 e. The highest BCUT2D eigenvalue weighted by atomic mass is 32.2. The minimum Gasteiger partial charge on any atom is -0.509 e. The summed E-state index contributed by atoms with van der Waals surface area (Å²) < 4.78 is 47.6. The lowest BCUT2D eigenvalue weighted by Gasteiger charge is -2.45. The molecule has 13 heteroatoms. The minimum atomic E-state index is -3.83. The number of benzene rings is 1. The van der Waals surface area contributed by atoms with E-state index in [0.29, 0.717) is 37.9 Å². The van der Waals surface area contributed by atoms with Crippen molar-refractivity contribution in [2.45, 2.75) is 51.7 Å². The zero-order valence-electron chi connectivity index (χ0n) is 21.6. The summed E-state index contributed by atoms with van der Waals surface area (Å²) in [7, 11) is -2.44. The van der Waals surface area contributed by atoms with Crippen LogP contribution in [0.2, 0.25) is 0 Å². The Balaban J connectivity index is 1.65. The standard InChI is InChI=1S/C25H32FN5O6S/c1-4-29-13-15(2)31-20-19(22(32)21(31)25(29)34)24(33)30-14-16-8-9-17(26)12-18(16)37-10-6-5-7-11-38(35,36)28(3)23(20)27-30/h8-9,12,15,19-20,32H,4-7,10-11,13-14H2,1-3H3/t15-,19?,20?/m0/s1. The van der Waals surface area contributed by atoms with Crippen molar-refractivity contribution in [1.82, 2.24) is 19.1 Å². The molecule has 4 aliphatic rings. The predicted octanol–water partition coefficient (Wildman–Crippen LogP) is 1.63. The second kappa shape index (κ2) is 9.75. The number of aliphatic hydroxyl groups excluding tert-OH is 1. The number of carbonyl (C=O) groups is 2. The van der Waals surface area contributed by atoms with E-state index in [0.717, 1.165) is 9.31 Å². The fourth-order valence-electron chi connectivity index (χ4n) is 5.62. The molecule has 0 spiro atoms. The molecule has 3 atom stereocenters. The lowest BCUT2D eigenvalue weighted by atomic mass is 9.95. The van der Waals surface area contributed by atoms with E-state index in [1.807, 2.05) is 13.8 Å². The normalized spacial score (nSPS) is 27.8. The van der Waals surface area contributed by atoms with Crippen LogP contribution in [0.3, 0.4) is 0 Å². The number of ether oxygens (including phenoxy) is 1. The average molecular weight is 550 g/mol. The highest BCUT2D eigenvalue weighted by Crippen LogP contribution is 2.43. The second-order valence-corrected chi connectivity index (χ2v) is 12.2. The third-order valence-corrected chi connectivity index (χ3v) is 9.47. The zero-order valence-corrected chi connectivity index (χ0v) is 22.4. The first kappa shape index (κ1) is 26.3. The summed E-state index contributed by atoms with van der Waals surface area (Å²) in [6.07, 6.45) is 1.53. The first-order chi connectivity index (χ1) is 18.0. The van der Waals surface area contributed by atoms with Gasteiger partial charge in [0.1, 0.15) is 35.0 Å². The molecule has 2 bridgehead atoms. The summed E-state index contributed by atoms with van der Waals surface area (Å²) in [4.78, 5) is 30.3. The van der Waals surface area contributed by atoms with Crippen LogP contribution in [0.5, 0.6) is 5.75 Å². The number of sulfonamides is 1. The van der Waals surface area contributed by atoms with Crippen molar-refractivity contribution in [1.29, 1.82) is 0 Å². The summed E-state index contributed by atoms with van der Waals surface area (Å²) in [5.41, 5.74) is 0.478. The first-order valence-electron chi connectivity index (χ1n) is 12.8. The van der Waals surface area contributed by atoms with Gasteiger partial charge in [-0.15, -0.1) is 0 Å². The molecule has 0 radical (unpaired) electrons. The molecule has 11 nitrogen and oxygen atoms in total. The van der Waals surface area contributed by atoms with Crippen molar-refractivity contribution in [3.05, 3.63) is 41.0 Å². The van der Waals surface area contributed by atoms with Crippen LogP contribution >= 0.6 is 0 Å². The van der Waals surface area contributed by atoms with E-state index in [4.69, 9.17) is 4.74 Å². The van der Waals surface area contributed by atoms with Crippen molar-refractivity contribution in [3.63, 3.8) is 0 Å². The molecule has 1 fully saturated rings.